The van der Waals surface area contributed by atoms with Crippen molar-refractivity contribution in [3.63, 3.8) is 0 Å². The summed E-state index contributed by atoms with van der Waals surface area (Å²) in [7, 11) is 0. The maximum atomic E-state index is 14.1. The molecule has 0 saturated heterocycles. The van der Waals surface area contributed by atoms with Crippen molar-refractivity contribution in [2.75, 3.05) is 11.9 Å². The van der Waals surface area contributed by atoms with Gasteiger partial charge >= 0.3 is 0 Å². The van der Waals surface area contributed by atoms with E-state index in [-0.39, 0.29) is 42.4 Å². The van der Waals surface area contributed by atoms with Crippen LogP contribution in [-0.4, -0.2) is 58.2 Å². The van der Waals surface area contributed by atoms with E-state index in [1.54, 1.807) is 13.8 Å². The molecule has 11 heteroatoms. The first-order chi connectivity index (χ1) is 17.0. The lowest BCUT2D eigenvalue weighted by Crippen LogP contribution is -2.53. The van der Waals surface area contributed by atoms with Gasteiger partial charge in [0, 0.05) is 25.1 Å². The average molecular weight is 505 g/mol. The molecule has 0 aliphatic carbocycles. The lowest BCUT2D eigenvalue weighted by Gasteiger charge is -2.24. The summed E-state index contributed by atoms with van der Waals surface area (Å²) in [6.45, 7) is 4.91. The molecule has 10 nitrogen and oxygen atoms in total. The van der Waals surface area contributed by atoms with Gasteiger partial charge in [0.05, 0.1) is 12.3 Å². The predicted octanol–water partition coefficient (Wildman–Crippen LogP) is 1.39. The first-order valence-corrected chi connectivity index (χ1v) is 11.9. The Morgan fingerprint density at radius 1 is 0.972 bits per heavy atom. The van der Waals surface area contributed by atoms with Crippen molar-refractivity contribution in [2.45, 2.75) is 65.1 Å². The van der Waals surface area contributed by atoms with Gasteiger partial charge in [0.25, 0.3) is 11.8 Å². The second-order valence-electron chi connectivity index (χ2n) is 8.95. The van der Waals surface area contributed by atoms with Crippen molar-refractivity contribution in [3.05, 3.63) is 41.7 Å². The number of nitrogens with one attached hydrogen (secondary N) is 3. The van der Waals surface area contributed by atoms with Gasteiger partial charge in [-0.05, 0) is 43.4 Å². The first-order valence-electron chi connectivity index (χ1n) is 11.9. The molecule has 36 heavy (non-hydrogen) atoms. The van der Waals surface area contributed by atoms with Gasteiger partial charge in [0.1, 0.15) is 17.9 Å². The molecule has 1 aromatic rings. The number of amides is 5. The fourth-order valence-electron chi connectivity index (χ4n) is 3.53. The SMILES string of the molecule is CC(C)[C@H](NC(=O)CCCCCN1C(=O)C=CC1=O)C(=O)N[C@@H](C)C(=O)Nc1ccc(CO)cc1F. The summed E-state index contributed by atoms with van der Waals surface area (Å²) in [6, 6.07) is 2.01. The number of benzene rings is 1. The van der Waals surface area contributed by atoms with Gasteiger partial charge < -0.3 is 21.1 Å². The third-order valence-electron chi connectivity index (χ3n) is 5.68. The lowest BCUT2D eigenvalue weighted by atomic mass is 10.0. The molecule has 0 fully saturated rings. The Morgan fingerprint density at radius 3 is 2.22 bits per heavy atom. The van der Waals surface area contributed by atoms with Crippen LogP contribution in [0.5, 0.6) is 0 Å². The van der Waals surface area contributed by atoms with Crippen LogP contribution in [0.25, 0.3) is 0 Å². The minimum atomic E-state index is -1.00. The molecular formula is C25H33FN4O6. The second-order valence-corrected chi connectivity index (χ2v) is 8.95. The highest BCUT2D eigenvalue weighted by Gasteiger charge is 2.27. The zero-order chi connectivity index (χ0) is 26.8. The van der Waals surface area contributed by atoms with Crippen LogP contribution >= 0.6 is 0 Å². The van der Waals surface area contributed by atoms with E-state index in [2.05, 4.69) is 16.0 Å². The molecule has 2 atom stereocenters. The third-order valence-corrected chi connectivity index (χ3v) is 5.68. The number of hydrogen-bond acceptors (Lipinski definition) is 6. The topological polar surface area (TPSA) is 145 Å². The number of carbonyl (C=O) groups excluding carboxylic acids is 5. The first kappa shape index (κ1) is 28.6. The molecule has 5 amide bonds. The van der Waals surface area contributed by atoms with Gasteiger partial charge in [-0.15, -0.1) is 0 Å². The van der Waals surface area contributed by atoms with Gasteiger partial charge in [-0.25, -0.2) is 4.39 Å². The number of hydrogen-bond donors (Lipinski definition) is 4. The third kappa shape index (κ3) is 8.26. The Hall–Kier alpha value is -3.60. The summed E-state index contributed by atoms with van der Waals surface area (Å²) in [5.41, 5.74) is 0.276. The van der Waals surface area contributed by atoms with E-state index < -0.39 is 29.7 Å². The van der Waals surface area contributed by atoms with E-state index in [0.29, 0.717) is 31.4 Å². The van der Waals surface area contributed by atoms with Crippen molar-refractivity contribution in [1.29, 1.82) is 0 Å². The fraction of sp³-hybridized carbons (Fsp3) is 0.480. The largest absolute Gasteiger partial charge is 0.392 e. The minimum absolute atomic E-state index is 0.0817. The number of imide groups is 1. The molecular weight excluding hydrogens is 471 g/mol. The van der Waals surface area contributed by atoms with E-state index in [4.69, 9.17) is 5.11 Å². The Labute approximate surface area is 209 Å². The Bertz CT molecular complexity index is 1010. The normalized spacial score (nSPS) is 14.7. The van der Waals surface area contributed by atoms with E-state index in [9.17, 15) is 28.4 Å². The Kier molecular flexibility index (Phi) is 10.7. The molecule has 0 radical (unpaired) electrons. The molecule has 1 aliphatic heterocycles. The fourth-order valence-corrected chi connectivity index (χ4v) is 3.53. The highest BCUT2D eigenvalue weighted by atomic mass is 19.1. The molecule has 0 spiro atoms. The maximum absolute atomic E-state index is 14.1. The molecule has 0 bridgehead atoms. The van der Waals surface area contributed by atoms with Crippen LogP contribution in [0.15, 0.2) is 30.4 Å². The Morgan fingerprint density at radius 2 is 1.64 bits per heavy atom. The number of nitrogens with zero attached hydrogens (tertiary/aromatic N) is 1. The van der Waals surface area contributed by atoms with Crippen LogP contribution < -0.4 is 16.0 Å². The number of unbranched alkanes of at least 4 members (excludes halogenated alkanes) is 2. The van der Waals surface area contributed by atoms with E-state index in [1.807, 2.05) is 0 Å². The van der Waals surface area contributed by atoms with Crippen molar-refractivity contribution < 1.29 is 33.5 Å². The summed E-state index contributed by atoms with van der Waals surface area (Å²) >= 11 is 0. The molecule has 0 aromatic heterocycles. The summed E-state index contributed by atoms with van der Waals surface area (Å²) in [5, 5.41) is 16.7. The zero-order valence-electron chi connectivity index (χ0n) is 20.7. The van der Waals surface area contributed by atoms with Crippen LogP contribution in [-0.2, 0) is 30.6 Å². The maximum Gasteiger partial charge on any atom is 0.253 e. The van der Waals surface area contributed by atoms with Crippen LogP contribution in [0, 0.1) is 11.7 Å². The second kappa shape index (κ2) is 13.5. The molecule has 4 N–H and O–H groups in total. The van der Waals surface area contributed by atoms with Crippen LogP contribution in [0.4, 0.5) is 10.1 Å². The van der Waals surface area contributed by atoms with E-state index >= 15 is 0 Å². The minimum Gasteiger partial charge on any atom is -0.392 e. The highest BCUT2D eigenvalue weighted by molar-refractivity contribution is 6.12. The van der Waals surface area contributed by atoms with Crippen LogP contribution in [0.3, 0.4) is 0 Å². The smallest absolute Gasteiger partial charge is 0.253 e. The average Bonchev–Trinajstić information content (AvgIpc) is 3.15. The Balaban J connectivity index is 1.78. The number of halogens is 1. The summed E-state index contributed by atoms with van der Waals surface area (Å²) in [4.78, 5) is 61.7. The number of aliphatic hydroxyl groups is 1. The molecule has 1 heterocycles. The van der Waals surface area contributed by atoms with Gasteiger partial charge in [0.15, 0.2) is 0 Å². The van der Waals surface area contributed by atoms with E-state index in [0.717, 1.165) is 11.0 Å². The summed E-state index contributed by atoms with van der Waals surface area (Å²) < 4.78 is 14.1. The van der Waals surface area contributed by atoms with Gasteiger partial charge in [0.2, 0.25) is 17.7 Å². The van der Waals surface area contributed by atoms with Gasteiger partial charge in [-0.1, -0.05) is 26.3 Å². The van der Waals surface area contributed by atoms with Crippen molar-refractivity contribution >= 4 is 35.2 Å². The lowest BCUT2D eigenvalue weighted by molar-refractivity contribution is -0.137. The van der Waals surface area contributed by atoms with Gasteiger partial charge in [-0.3, -0.25) is 28.9 Å². The quantitative estimate of drug-likeness (QED) is 0.236. The molecule has 0 unspecified atom stereocenters. The molecule has 1 aromatic carbocycles. The number of aliphatic hydroxyl groups excluding tert-OH is 1. The number of rotatable bonds is 13. The molecule has 2 rings (SSSR count). The summed E-state index contributed by atoms with van der Waals surface area (Å²) in [5.74, 6) is -3.16. The number of anilines is 1. The van der Waals surface area contributed by atoms with Crippen molar-refractivity contribution in [2.24, 2.45) is 5.92 Å². The molecule has 1 aliphatic rings. The van der Waals surface area contributed by atoms with Crippen LogP contribution in [0.1, 0.15) is 52.0 Å². The molecule has 196 valence electrons. The molecule has 0 saturated carbocycles. The van der Waals surface area contributed by atoms with E-state index in [1.165, 1.54) is 31.2 Å². The van der Waals surface area contributed by atoms with Crippen molar-refractivity contribution in [3.8, 4) is 0 Å². The standard InChI is InChI=1S/C25H33FN4O6/c1-15(2)23(29-20(32)7-5-4-6-12-30-21(33)10-11-22(30)34)25(36)27-16(3)24(35)28-19-9-8-17(14-31)13-18(19)26/h8-11,13,15-16,23,31H,4-7,12,14H2,1-3H3,(H,27,36)(H,28,35)(H,29,32)/t16-,23-/m0/s1. The highest BCUT2D eigenvalue weighted by Crippen LogP contribution is 2.16. The predicted molar refractivity (Wildman–Crippen MR) is 130 cm³/mol. The van der Waals surface area contributed by atoms with Crippen molar-refractivity contribution in [1.82, 2.24) is 15.5 Å². The number of carbonyl (C=O) groups is 5. The van der Waals surface area contributed by atoms with Crippen LogP contribution in [0.2, 0.25) is 0 Å². The van der Waals surface area contributed by atoms with Gasteiger partial charge in [-0.2, -0.15) is 0 Å². The zero-order valence-corrected chi connectivity index (χ0v) is 20.7. The summed E-state index contributed by atoms with van der Waals surface area (Å²) in [6.07, 6.45) is 4.32. The monoisotopic (exact) mass is 504 g/mol.